The summed E-state index contributed by atoms with van der Waals surface area (Å²) in [5.41, 5.74) is 4.80. The molecule has 2 aromatic heterocycles. The van der Waals surface area contributed by atoms with Crippen molar-refractivity contribution in [2.24, 2.45) is 0 Å². The lowest BCUT2D eigenvalue weighted by molar-refractivity contribution is 0.181. The third-order valence-corrected chi connectivity index (χ3v) is 10.5. The number of piperidine rings is 1. The zero-order valence-electron chi connectivity index (χ0n) is 23.3. The summed E-state index contributed by atoms with van der Waals surface area (Å²) in [7, 11) is 0. The summed E-state index contributed by atoms with van der Waals surface area (Å²) in [6, 6.07) is 4.03. The Hall–Kier alpha value is -2.15. The predicted molar refractivity (Wildman–Crippen MR) is 155 cm³/mol. The molecule has 0 amide bonds. The van der Waals surface area contributed by atoms with Crippen LogP contribution < -0.4 is 5.32 Å². The average molecular weight is 548 g/mol. The fourth-order valence-corrected chi connectivity index (χ4v) is 8.22. The van der Waals surface area contributed by atoms with E-state index in [1.54, 1.807) is 0 Å². The van der Waals surface area contributed by atoms with Gasteiger partial charge in [-0.1, -0.05) is 18.5 Å². The van der Waals surface area contributed by atoms with Gasteiger partial charge >= 0.3 is 0 Å². The lowest BCUT2D eigenvalue weighted by Gasteiger charge is -2.35. The van der Waals surface area contributed by atoms with Gasteiger partial charge in [0, 0.05) is 39.5 Å². The van der Waals surface area contributed by atoms with E-state index < -0.39 is 0 Å². The predicted octanol–water partition coefficient (Wildman–Crippen LogP) is 6.87. The van der Waals surface area contributed by atoms with Crippen LogP contribution in [0.25, 0.3) is 22.2 Å². The summed E-state index contributed by atoms with van der Waals surface area (Å²) >= 11 is 6.72. The molecular formula is C32H39ClFN5. The van der Waals surface area contributed by atoms with Crippen LogP contribution in [0.3, 0.4) is 0 Å². The van der Waals surface area contributed by atoms with Crippen molar-refractivity contribution in [3.63, 3.8) is 0 Å². The van der Waals surface area contributed by atoms with Crippen molar-refractivity contribution in [2.75, 3.05) is 26.2 Å². The van der Waals surface area contributed by atoms with Crippen molar-refractivity contribution in [3.05, 3.63) is 51.8 Å². The van der Waals surface area contributed by atoms with Crippen LogP contribution in [0, 0.1) is 12.7 Å². The maximum atomic E-state index is 16.7. The second-order valence-electron chi connectivity index (χ2n) is 12.9. The van der Waals surface area contributed by atoms with Crippen molar-refractivity contribution in [1.29, 1.82) is 0 Å². The van der Waals surface area contributed by atoms with Crippen LogP contribution in [0.4, 0.5) is 4.39 Å². The summed E-state index contributed by atoms with van der Waals surface area (Å²) in [4.78, 5) is 17.6. The molecule has 0 radical (unpaired) electrons. The minimum absolute atomic E-state index is 0.131. The number of aromatic nitrogens is 3. The Morgan fingerprint density at radius 3 is 2.54 bits per heavy atom. The normalized spacial score (nSPS) is 22.5. The van der Waals surface area contributed by atoms with Crippen LogP contribution in [0.5, 0.6) is 0 Å². The molecule has 1 N–H and O–H groups in total. The average Bonchev–Trinajstić information content (AvgIpc) is 3.55. The molecule has 39 heavy (non-hydrogen) atoms. The number of aryl methyl sites for hydroxylation is 2. The first kappa shape index (κ1) is 25.8. The molecule has 5 nitrogen and oxygen atoms in total. The minimum atomic E-state index is -0.333. The van der Waals surface area contributed by atoms with E-state index in [9.17, 15) is 0 Å². The van der Waals surface area contributed by atoms with Gasteiger partial charge in [0.2, 0.25) is 0 Å². The van der Waals surface area contributed by atoms with Crippen LogP contribution >= 0.6 is 11.6 Å². The van der Waals surface area contributed by atoms with E-state index in [-0.39, 0.29) is 16.8 Å². The summed E-state index contributed by atoms with van der Waals surface area (Å²) < 4.78 is 16.7. The molecule has 1 aliphatic carbocycles. The van der Waals surface area contributed by atoms with E-state index in [1.807, 2.05) is 25.3 Å². The minimum Gasteiger partial charge on any atom is -0.317 e. The topological polar surface area (TPSA) is 53.9 Å². The summed E-state index contributed by atoms with van der Waals surface area (Å²) in [5, 5.41) is 4.96. The Bertz CT molecular complexity index is 1420. The molecule has 3 aliphatic heterocycles. The largest absolute Gasteiger partial charge is 0.317 e. The Balaban J connectivity index is 1.36. The van der Waals surface area contributed by atoms with E-state index in [0.717, 1.165) is 90.2 Å². The SMILES string of the molecule is Cc1cc(Cl)c(C2CC2)c(-c2ncc3c(C4(C)CCNCC4)nc(CCC45CCCN4CCC5)nc3c2F)c1. The number of hydrogen-bond acceptors (Lipinski definition) is 5. The van der Waals surface area contributed by atoms with Crippen LogP contribution in [-0.2, 0) is 11.8 Å². The highest BCUT2D eigenvalue weighted by Gasteiger charge is 2.44. The van der Waals surface area contributed by atoms with Crippen LogP contribution in [0.15, 0.2) is 18.3 Å². The lowest BCUT2D eigenvalue weighted by Crippen LogP contribution is -2.39. The van der Waals surface area contributed by atoms with Crippen molar-refractivity contribution < 1.29 is 4.39 Å². The van der Waals surface area contributed by atoms with Gasteiger partial charge in [-0.25, -0.2) is 14.4 Å². The highest BCUT2D eigenvalue weighted by atomic mass is 35.5. The highest BCUT2D eigenvalue weighted by molar-refractivity contribution is 6.32. The summed E-state index contributed by atoms with van der Waals surface area (Å²) in [6.45, 7) is 8.59. The second-order valence-corrected chi connectivity index (χ2v) is 13.3. The van der Waals surface area contributed by atoms with E-state index in [4.69, 9.17) is 26.6 Å². The standard InChI is InChI=1S/C32H39ClFN5/c1-20-17-22(26(21-5-6-21)24(33)18-20)28-27(34)29-23(19-36-28)30(31(2)11-13-35-14-12-31)38-25(37-29)7-10-32-8-3-15-39(32)16-4-9-32/h17-19,21,35H,3-16H2,1-2H3. The van der Waals surface area contributed by atoms with Gasteiger partial charge in [0.1, 0.15) is 17.0 Å². The Morgan fingerprint density at radius 2 is 1.82 bits per heavy atom. The highest BCUT2D eigenvalue weighted by Crippen LogP contribution is 2.49. The number of fused-ring (bicyclic) bond motifs is 2. The zero-order valence-corrected chi connectivity index (χ0v) is 24.0. The fourth-order valence-electron chi connectivity index (χ4n) is 7.79. The number of pyridine rings is 1. The van der Waals surface area contributed by atoms with Gasteiger partial charge in [-0.05, 0) is 120 Å². The first-order valence-corrected chi connectivity index (χ1v) is 15.4. The summed E-state index contributed by atoms with van der Waals surface area (Å²) in [5.74, 6) is 0.835. The Kier molecular flexibility index (Phi) is 6.44. The molecule has 0 atom stereocenters. The number of benzene rings is 1. The van der Waals surface area contributed by atoms with Crippen molar-refractivity contribution in [1.82, 2.24) is 25.2 Å². The number of nitrogens with zero attached hydrogens (tertiary/aromatic N) is 4. The monoisotopic (exact) mass is 547 g/mol. The molecular weight excluding hydrogens is 509 g/mol. The van der Waals surface area contributed by atoms with Crippen molar-refractivity contribution >= 4 is 22.5 Å². The van der Waals surface area contributed by atoms with Gasteiger partial charge in [-0.15, -0.1) is 0 Å². The molecule has 4 aliphatic rings. The quantitative estimate of drug-likeness (QED) is 0.365. The third-order valence-electron chi connectivity index (χ3n) is 10.1. The smallest absolute Gasteiger partial charge is 0.175 e. The Labute approximate surface area is 236 Å². The molecule has 0 unspecified atom stereocenters. The molecule has 7 rings (SSSR count). The van der Waals surface area contributed by atoms with E-state index in [1.165, 1.54) is 38.8 Å². The number of halogens is 2. The fraction of sp³-hybridized carbons (Fsp3) is 0.594. The molecule has 5 heterocycles. The zero-order chi connectivity index (χ0) is 26.8. The lowest BCUT2D eigenvalue weighted by atomic mass is 9.76. The molecule has 1 saturated carbocycles. The van der Waals surface area contributed by atoms with Crippen LogP contribution in [0.2, 0.25) is 5.02 Å². The number of nitrogens with one attached hydrogen (secondary N) is 1. The molecule has 3 saturated heterocycles. The van der Waals surface area contributed by atoms with Gasteiger partial charge in [-0.3, -0.25) is 9.88 Å². The van der Waals surface area contributed by atoms with Crippen molar-refractivity contribution in [2.45, 2.75) is 94.9 Å². The molecule has 1 aromatic carbocycles. The van der Waals surface area contributed by atoms with E-state index in [2.05, 4.69) is 17.1 Å². The van der Waals surface area contributed by atoms with Gasteiger partial charge < -0.3 is 5.32 Å². The van der Waals surface area contributed by atoms with Crippen LogP contribution in [-0.4, -0.2) is 51.6 Å². The summed E-state index contributed by atoms with van der Waals surface area (Å²) in [6.07, 6.45) is 12.9. The molecule has 7 heteroatoms. The second kappa shape index (κ2) is 9.74. The van der Waals surface area contributed by atoms with E-state index in [0.29, 0.717) is 17.1 Å². The first-order chi connectivity index (χ1) is 18.9. The van der Waals surface area contributed by atoms with E-state index >= 15 is 4.39 Å². The van der Waals surface area contributed by atoms with Gasteiger partial charge in [0.25, 0.3) is 0 Å². The number of rotatable bonds is 6. The number of hydrogen-bond donors (Lipinski definition) is 1. The maximum Gasteiger partial charge on any atom is 0.175 e. The van der Waals surface area contributed by atoms with Gasteiger partial charge in [0.05, 0.1) is 5.69 Å². The molecule has 0 spiro atoms. The molecule has 0 bridgehead atoms. The molecule has 4 fully saturated rings. The van der Waals surface area contributed by atoms with Crippen molar-refractivity contribution in [3.8, 4) is 11.3 Å². The van der Waals surface area contributed by atoms with Crippen LogP contribution in [0.1, 0.15) is 93.3 Å². The van der Waals surface area contributed by atoms with Gasteiger partial charge in [0.15, 0.2) is 5.82 Å². The molecule has 3 aromatic rings. The molecule has 206 valence electrons. The first-order valence-electron chi connectivity index (χ1n) is 15.0. The Morgan fingerprint density at radius 1 is 1.08 bits per heavy atom. The maximum absolute atomic E-state index is 16.7. The van der Waals surface area contributed by atoms with Gasteiger partial charge in [-0.2, -0.15) is 0 Å². The third kappa shape index (κ3) is 4.47.